The number of rotatable bonds is 9. The number of likely N-dealkylation sites (N-methyl/N-ethyl adjacent to an activating group) is 1. The lowest BCUT2D eigenvalue weighted by Gasteiger charge is -2.23. The third-order valence-electron chi connectivity index (χ3n) is 4.65. The molecule has 0 heterocycles. The molecule has 2 rings (SSSR count). The van der Waals surface area contributed by atoms with E-state index in [-0.39, 0.29) is 12.5 Å². The van der Waals surface area contributed by atoms with Crippen LogP contribution in [0.5, 0.6) is 11.5 Å². The zero-order chi connectivity index (χ0) is 21.9. The molecule has 0 fully saturated rings. The van der Waals surface area contributed by atoms with Gasteiger partial charge in [0.05, 0.1) is 7.11 Å². The van der Waals surface area contributed by atoms with E-state index in [2.05, 4.69) is 39.6 Å². The van der Waals surface area contributed by atoms with Gasteiger partial charge in [-0.2, -0.15) is 0 Å². The van der Waals surface area contributed by atoms with Gasteiger partial charge in [-0.25, -0.2) is 0 Å². The molecule has 0 atom stereocenters. The summed E-state index contributed by atoms with van der Waals surface area (Å²) in [5.74, 6) is 1.76. The van der Waals surface area contributed by atoms with Crippen molar-refractivity contribution in [2.45, 2.75) is 26.9 Å². The topological polar surface area (TPSA) is 75.2 Å². The van der Waals surface area contributed by atoms with Crippen molar-refractivity contribution < 1.29 is 14.3 Å². The average Bonchev–Trinajstić information content (AvgIpc) is 2.74. The van der Waals surface area contributed by atoms with Gasteiger partial charge in [-0.05, 0) is 42.7 Å². The number of nitrogens with one attached hydrogen (secondary N) is 2. The van der Waals surface area contributed by atoms with Gasteiger partial charge in [0.1, 0.15) is 0 Å². The number of aryl methyl sites for hydroxylation is 1. The van der Waals surface area contributed by atoms with Gasteiger partial charge >= 0.3 is 0 Å². The van der Waals surface area contributed by atoms with Crippen LogP contribution in [0.25, 0.3) is 0 Å². The number of guanidine groups is 1. The van der Waals surface area contributed by atoms with E-state index in [9.17, 15) is 4.79 Å². The number of aliphatic imine (C=N–C) groups is 1. The molecule has 1 amide bonds. The highest BCUT2D eigenvalue weighted by Gasteiger charge is 2.11. The summed E-state index contributed by atoms with van der Waals surface area (Å²) in [5, 5.41) is 6.08. The maximum atomic E-state index is 11.6. The molecule has 7 nitrogen and oxygen atoms in total. The SMILES string of the molecule is CCNC(=O)COc1ccc(CNC(=NC)N(C)Cc2ccccc2C)cc1OC. The van der Waals surface area contributed by atoms with E-state index < -0.39 is 0 Å². The number of methoxy groups -OCH3 is 1. The Balaban J connectivity index is 1.97. The summed E-state index contributed by atoms with van der Waals surface area (Å²) in [6, 6.07) is 14.0. The standard InChI is InChI=1S/C23H32N4O3/c1-6-25-22(28)16-30-20-12-11-18(13-21(20)29-5)14-26-23(24-3)27(4)15-19-10-8-7-9-17(19)2/h7-13H,6,14-16H2,1-5H3,(H,24,26)(H,25,28). The lowest BCUT2D eigenvalue weighted by molar-refractivity contribution is -0.123. The summed E-state index contributed by atoms with van der Waals surface area (Å²) in [6.07, 6.45) is 0. The van der Waals surface area contributed by atoms with Crippen LogP contribution >= 0.6 is 0 Å². The quantitative estimate of drug-likeness (QED) is 0.489. The highest BCUT2D eigenvalue weighted by molar-refractivity contribution is 5.79. The second-order valence-corrected chi connectivity index (χ2v) is 6.91. The number of nitrogens with zero attached hydrogens (tertiary/aromatic N) is 2. The van der Waals surface area contributed by atoms with Crippen molar-refractivity contribution in [3.8, 4) is 11.5 Å². The molecule has 7 heteroatoms. The first-order valence-electron chi connectivity index (χ1n) is 10.0. The predicted octanol–water partition coefficient (Wildman–Crippen LogP) is 2.73. The fourth-order valence-electron chi connectivity index (χ4n) is 3.02. The lowest BCUT2D eigenvalue weighted by atomic mass is 10.1. The smallest absolute Gasteiger partial charge is 0.257 e. The van der Waals surface area contributed by atoms with Gasteiger partial charge in [0.25, 0.3) is 5.91 Å². The van der Waals surface area contributed by atoms with Crippen LogP contribution in [0.4, 0.5) is 0 Å². The third kappa shape index (κ3) is 6.69. The maximum Gasteiger partial charge on any atom is 0.257 e. The van der Waals surface area contributed by atoms with Crippen molar-refractivity contribution in [1.29, 1.82) is 0 Å². The molecule has 0 unspecified atom stereocenters. The summed E-state index contributed by atoms with van der Waals surface area (Å²) < 4.78 is 11.0. The molecule has 0 saturated carbocycles. The number of ether oxygens (including phenoxy) is 2. The van der Waals surface area contributed by atoms with E-state index in [1.165, 1.54) is 11.1 Å². The fourth-order valence-corrected chi connectivity index (χ4v) is 3.02. The monoisotopic (exact) mass is 412 g/mol. The average molecular weight is 413 g/mol. The van der Waals surface area contributed by atoms with E-state index in [1.54, 1.807) is 14.2 Å². The van der Waals surface area contributed by atoms with E-state index in [0.717, 1.165) is 18.1 Å². The van der Waals surface area contributed by atoms with Crippen LogP contribution in [0.15, 0.2) is 47.5 Å². The van der Waals surface area contributed by atoms with Gasteiger partial charge in [0, 0.05) is 33.7 Å². The molecule has 2 aromatic rings. The minimum absolute atomic E-state index is 0.0435. The molecule has 0 saturated heterocycles. The highest BCUT2D eigenvalue weighted by Crippen LogP contribution is 2.28. The second kappa shape index (κ2) is 11.7. The molecule has 0 radical (unpaired) electrons. The fraction of sp³-hybridized carbons (Fsp3) is 0.391. The summed E-state index contributed by atoms with van der Waals surface area (Å²) in [4.78, 5) is 18.1. The van der Waals surface area contributed by atoms with Gasteiger partial charge < -0.3 is 25.0 Å². The summed E-state index contributed by atoms with van der Waals surface area (Å²) in [7, 11) is 5.37. The third-order valence-corrected chi connectivity index (χ3v) is 4.65. The number of benzene rings is 2. The molecule has 0 aliphatic rings. The molecule has 2 N–H and O–H groups in total. The van der Waals surface area contributed by atoms with Gasteiger partial charge in [0.15, 0.2) is 24.1 Å². The zero-order valence-corrected chi connectivity index (χ0v) is 18.5. The van der Waals surface area contributed by atoms with E-state index in [1.807, 2.05) is 44.3 Å². The lowest BCUT2D eigenvalue weighted by Crippen LogP contribution is -2.38. The Bertz CT molecular complexity index is 867. The van der Waals surface area contributed by atoms with E-state index >= 15 is 0 Å². The first-order valence-corrected chi connectivity index (χ1v) is 10.0. The van der Waals surface area contributed by atoms with E-state index in [4.69, 9.17) is 9.47 Å². The van der Waals surface area contributed by atoms with Crippen LogP contribution in [0, 0.1) is 6.92 Å². The number of carbonyl (C=O) groups is 1. The minimum Gasteiger partial charge on any atom is -0.493 e. The minimum atomic E-state index is -0.161. The van der Waals surface area contributed by atoms with Crippen molar-refractivity contribution >= 4 is 11.9 Å². The molecule has 0 spiro atoms. The molecular formula is C23H32N4O3. The van der Waals surface area contributed by atoms with Crippen LogP contribution in [-0.2, 0) is 17.9 Å². The number of amides is 1. The van der Waals surface area contributed by atoms with Crippen molar-refractivity contribution in [3.05, 3.63) is 59.2 Å². The van der Waals surface area contributed by atoms with Crippen LogP contribution < -0.4 is 20.1 Å². The first-order chi connectivity index (χ1) is 14.5. The Labute approximate surface area is 179 Å². The summed E-state index contributed by atoms with van der Waals surface area (Å²) >= 11 is 0. The highest BCUT2D eigenvalue weighted by atomic mass is 16.5. The van der Waals surface area contributed by atoms with Crippen molar-refractivity contribution in [2.24, 2.45) is 4.99 Å². The second-order valence-electron chi connectivity index (χ2n) is 6.91. The van der Waals surface area contributed by atoms with Crippen LogP contribution in [0.3, 0.4) is 0 Å². The Morgan fingerprint density at radius 2 is 1.90 bits per heavy atom. The maximum absolute atomic E-state index is 11.6. The van der Waals surface area contributed by atoms with Crippen molar-refractivity contribution in [1.82, 2.24) is 15.5 Å². The van der Waals surface area contributed by atoms with E-state index in [0.29, 0.717) is 24.6 Å². The molecule has 0 aromatic heterocycles. The van der Waals surface area contributed by atoms with Crippen LogP contribution in [0.2, 0.25) is 0 Å². The molecule has 30 heavy (non-hydrogen) atoms. The van der Waals surface area contributed by atoms with Crippen LogP contribution in [-0.4, -0.2) is 51.1 Å². The molecule has 162 valence electrons. The van der Waals surface area contributed by atoms with Gasteiger partial charge in [-0.3, -0.25) is 9.79 Å². The van der Waals surface area contributed by atoms with Gasteiger partial charge in [-0.1, -0.05) is 30.3 Å². The number of hydrogen-bond acceptors (Lipinski definition) is 4. The molecule has 0 aliphatic carbocycles. The number of hydrogen-bond donors (Lipinski definition) is 2. The van der Waals surface area contributed by atoms with Crippen molar-refractivity contribution in [3.63, 3.8) is 0 Å². The molecular weight excluding hydrogens is 380 g/mol. The normalized spacial score (nSPS) is 11.0. The Kier molecular flexibility index (Phi) is 9.00. The Morgan fingerprint density at radius 3 is 2.57 bits per heavy atom. The summed E-state index contributed by atoms with van der Waals surface area (Å²) in [6.45, 7) is 5.86. The molecule has 0 aliphatic heterocycles. The Morgan fingerprint density at radius 1 is 1.13 bits per heavy atom. The Hall–Kier alpha value is -3.22. The molecule has 0 bridgehead atoms. The molecule has 2 aromatic carbocycles. The van der Waals surface area contributed by atoms with Gasteiger partial charge in [0.2, 0.25) is 0 Å². The number of carbonyl (C=O) groups excluding carboxylic acids is 1. The van der Waals surface area contributed by atoms with Crippen molar-refractivity contribution in [2.75, 3.05) is 34.4 Å². The first kappa shape index (κ1) is 23.1. The summed E-state index contributed by atoms with van der Waals surface area (Å²) in [5.41, 5.74) is 3.54. The largest absolute Gasteiger partial charge is 0.493 e. The predicted molar refractivity (Wildman–Crippen MR) is 120 cm³/mol. The van der Waals surface area contributed by atoms with Crippen LogP contribution in [0.1, 0.15) is 23.6 Å². The zero-order valence-electron chi connectivity index (χ0n) is 18.5. The van der Waals surface area contributed by atoms with Gasteiger partial charge in [-0.15, -0.1) is 0 Å².